The van der Waals surface area contributed by atoms with Crippen LogP contribution in [0.4, 0.5) is 0 Å². The van der Waals surface area contributed by atoms with E-state index in [1.165, 1.54) is 6.08 Å². The molecule has 0 unspecified atom stereocenters. The van der Waals surface area contributed by atoms with E-state index in [9.17, 15) is 14.4 Å². The fourth-order valence-corrected chi connectivity index (χ4v) is 0.806. The quantitative estimate of drug-likeness (QED) is 0.316. The van der Waals surface area contributed by atoms with Gasteiger partial charge in [0.05, 0.1) is 0 Å². The molecule has 0 heterocycles. The summed E-state index contributed by atoms with van der Waals surface area (Å²) in [4.78, 5) is 31.9. The maximum atomic E-state index is 11.1. The minimum atomic E-state index is -1.55. The predicted octanol–water partition coefficient (Wildman–Crippen LogP) is 1.17. The molecule has 0 rings (SSSR count). The van der Waals surface area contributed by atoms with Gasteiger partial charge in [-0.15, -0.1) is 0 Å². The Kier molecular flexibility index (Phi) is 5.48. The Balaban J connectivity index is 4.74. The van der Waals surface area contributed by atoms with E-state index in [4.69, 9.17) is 10.2 Å². The zero-order valence-corrected chi connectivity index (χ0v) is 8.93. The van der Waals surface area contributed by atoms with Gasteiger partial charge in [0.1, 0.15) is 5.57 Å². The molecule has 5 heteroatoms. The standard InChI is InChI=1S/C11H12O5/c1-7(2)6-8(12)4-3-5-9(10(13)14)11(15)16/h3-6H,1-2H3,(H,13,14)(H,15,16)/b4-3-. The zero-order valence-electron chi connectivity index (χ0n) is 8.93. The van der Waals surface area contributed by atoms with Crippen molar-refractivity contribution in [2.45, 2.75) is 13.8 Å². The van der Waals surface area contributed by atoms with Crippen molar-refractivity contribution < 1.29 is 24.6 Å². The van der Waals surface area contributed by atoms with Crippen LogP contribution in [0.3, 0.4) is 0 Å². The molecule has 0 radical (unpaired) electrons. The first-order chi connectivity index (χ1) is 7.34. The maximum absolute atomic E-state index is 11.1. The molecule has 0 aromatic heterocycles. The van der Waals surface area contributed by atoms with Crippen molar-refractivity contribution in [1.29, 1.82) is 0 Å². The summed E-state index contributed by atoms with van der Waals surface area (Å²) in [7, 11) is 0. The van der Waals surface area contributed by atoms with Crippen molar-refractivity contribution in [3.63, 3.8) is 0 Å². The van der Waals surface area contributed by atoms with Crippen molar-refractivity contribution in [3.05, 3.63) is 35.5 Å². The Morgan fingerprint density at radius 2 is 1.50 bits per heavy atom. The molecule has 0 aliphatic rings. The summed E-state index contributed by atoms with van der Waals surface area (Å²) < 4.78 is 0. The van der Waals surface area contributed by atoms with Crippen LogP contribution in [-0.4, -0.2) is 27.9 Å². The number of hydrogen-bond acceptors (Lipinski definition) is 3. The van der Waals surface area contributed by atoms with Gasteiger partial charge in [-0.3, -0.25) is 4.79 Å². The first-order valence-electron chi connectivity index (χ1n) is 4.38. The molecule has 16 heavy (non-hydrogen) atoms. The smallest absolute Gasteiger partial charge is 0.343 e. The third kappa shape index (κ3) is 5.54. The Hall–Kier alpha value is -2.17. The second-order valence-electron chi connectivity index (χ2n) is 3.17. The number of carboxylic acids is 2. The molecule has 0 aromatic rings. The summed E-state index contributed by atoms with van der Waals surface area (Å²) in [6, 6.07) is 0. The Labute approximate surface area is 92.4 Å². The van der Waals surface area contributed by atoms with Crippen LogP contribution >= 0.6 is 0 Å². The van der Waals surface area contributed by atoms with E-state index in [1.54, 1.807) is 13.8 Å². The molecule has 0 atom stereocenters. The van der Waals surface area contributed by atoms with Crippen molar-refractivity contribution in [2.75, 3.05) is 0 Å². The Morgan fingerprint density at radius 1 is 1.00 bits per heavy atom. The number of rotatable bonds is 5. The van der Waals surface area contributed by atoms with E-state index in [0.29, 0.717) is 0 Å². The normalized spacial score (nSPS) is 9.62. The second-order valence-corrected chi connectivity index (χ2v) is 3.17. The van der Waals surface area contributed by atoms with Gasteiger partial charge in [-0.1, -0.05) is 11.6 Å². The minimum absolute atomic E-state index is 0.327. The van der Waals surface area contributed by atoms with Gasteiger partial charge >= 0.3 is 11.9 Å². The van der Waals surface area contributed by atoms with Crippen molar-refractivity contribution >= 4 is 17.7 Å². The lowest BCUT2D eigenvalue weighted by Crippen LogP contribution is -2.10. The highest BCUT2D eigenvalue weighted by Gasteiger charge is 2.13. The van der Waals surface area contributed by atoms with Crippen LogP contribution in [0.15, 0.2) is 35.5 Å². The minimum Gasteiger partial charge on any atom is -0.477 e. The van der Waals surface area contributed by atoms with Gasteiger partial charge in [0.15, 0.2) is 5.78 Å². The van der Waals surface area contributed by atoms with Crippen LogP contribution in [0.25, 0.3) is 0 Å². The molecule has 86 valence electrons. The zero-order chi connectivity index (χ0) is 12.7. The van der Waals surface area contributed by atoms with Gasteiger partial charge in [-0.2, -0.15) is 0 Å². The average molecular weight is 224 g/mol. The number of carbonyl (C=O) groups is 3. The molecule has 0 bridgehead atoms. The molecule has 0 fully saturated rings. The van der Waals surface area contributed by atoms with E-state index < -0.39 is 17.5 Å². The SMILES string of the molecule is CC(C)=CC(=O)/C=C\C=C(C(=O)O)C(=O)O. The molecule has 5 nitrogen and oxygen atoms in total. The molecule has 0 amide bonds. The summed E-state index contributed by atoms with van der Waals surface area (Å²) in [6.07, 6.45) is 4.41. The first kappa shape index (κ1) is 13.8. The highest BCUT2D eigenvalue weighted by Crippen LogP contribution is 1.96. The van der Waals surface area contributed by atoms with Gasteiger partial charge in [0, 0.05) is 0 Å². The van der Waals surface area contributed by atoms with E-state index in [2.05, 4.69) is 0 Å². The van der Waals surface area contributed by atoms with Gasteiger partial charge in [0.2, 0.25) is 0 Å². The molecule has 2 N–H and O–H groups in total. The van der Waals surface area contributed by atoms with E-state index in [0.717, 1.165) is 23.8 Å². The van der Waals surface area contributed by atoms with Crippen LogP contribution in [-0.2, 0) is 14.4 Å². The van der Waals surface area contributed by atoms with Gasteiger partial charge in [-0.05, 0) is 32.1 Å². The van der Waals surface area contributed by atoms with Crippen LogP contribution in [0, 0.1) is 0 Å². The maximum Gasteiger partial charge on any atom is 0.343 e. The first-order valence-corrected chi connectivity index (χ1v) is 4.38. The van der Waals surface area contributed by atoms with E-state index in [1.807, 2.05) is 0 Å². The molecule has 0 aliphatic carbocycles. The summed E-state index contributed by atoms with van der Waals surface area (Å²) in [5.74, 6) is -3.43. The second kappa shape index (κ2) is 6.34. The molecular formula is C11H12O5. The third-order valence-corrected chi connectivity index (χ3v) is 1.42. The lowest BCUT2D eigenvalue weighted by atomic mass is 10.2. The topological polar surface area (TPSA) is 91.7 Å². The predicted molar refractivity (Wildman–Crippen MR) is 56.9 cm³/mol. The summed E-state index contributed by atoms with van der Waals surface area (Å²) in [6.45, 7) is 3.48. The number of hydrogen-bond donors (Lipinski definition) is 2. The van der Waals surface area contributed by atoms with Crippen molar-refractivity contribution in [1.82, 2.24) is 0 Å². The lowest BCUT2D eigenvalue weighted by Gasteiger charge is -1.91. The van der Waals surface area contributed by atoms with Crippen LogP contribution in [0.2, 0.25) is 0 Å². The largest absolute Gasteiger partial charge is 0.477 e. The third-order valence-electron chi connectivity index (χ3n) is 1.42. The molecule has 0 aromatic carbocycles. The van der Waals surface area contributed by atoms with Gasteiger partial charge in [-0.25, -0.2) is 9.59 Å². The monoisotopic (exact) mass is 224 g/mol. The van der Waals surface area contributed by atoms with Crippen molar-refractivity contribution in [3.8, 4) is 0 Å². The van der Waals surface area contributed by atoms with Gasteiger partial charge < -0.3 is 10.2 Å². The number of aliphatic carboxylic acids is 2. The Bertz CT molecular complexity index is 379. The van der Waals surface area contributed by atoms with Gasteiger partial charge in [0.25, 0.3) is 0 Å². The molecule has 0 aliphatic heterocycles. The van der Waals surface area contributed by atoms with Crippen LogP contribution in [0.1, 0.15) is 13.8 Å². The highest BCUT2D eigenvalue weighted by atomic mass is 16.4. The lowest BCUT2D eigenvalue weighted by molar-refractivity contribution is -0.140. The summed E-state index contributed by atoms with van der Waals surface area (Å²) >= 11 is 0. The van der Waals surface area contributed by atoms with E-state index in [-0.39, 0.29) is 5.78 Å². The number of ketones is 1. The fourth-order valence-electron chi connectivity index (χ4n) is 0.806. The molecule has 0 spiro atoms. The molecule has 0 saturated heterocycles. The number of carbonyl (C=O) groups excluding carboxylic acids is 1. The molecular weight excluding hydrogens is 212 g/mol. The summed E-state index contributed by atoms with van der Waals surface area (Å²) in [5.41, 5.74) is 0.0107. The fraction of sp³-hybridized carbons (Fsp3) is 0.182. The van der Waals surface area contributed by atoms with E-state index >= 15 is 0 Å². The Morgan fingerprint density at radius 3 is 1.88 bits per heavy atom. The average Bonchev–Trinajstić information content (AvgIpc) is 2.09. The van der Waals surface area contributed by atoms with Crippen molar-refractivity contribution in [2.24, 2.45) is 0 Å². The summed E-state index contributed by atoms with van der Waals surface area (Å²) in [5, 5.41) is 16.9. The van der Waals surface area contributed by atoms with Crippen LogP contribution in [0.5, 0.6) is 0 Å². The highest BCUT2D eigenvalue weighted by molar-refractivity contribution is 6.12. The number of allylic oxidation sites excluding steroid dienone is 5. The molecule has 0 saturated carbocycles. The number of carboxylic acid groups (broad SMARTS) is 2. The van der Waals surface area contributed by atoms with Crippen LogP contribution < -0.4 is 0 Å².